The highest BCUT2D eigenvalue weighted by Crippen LogP contribution is 2.25. The molecule has 0 fully saturated rings. The highest BCUT2D eigenvalue weighted by molar-refractivity contribution is 7.89. The molecule has 9 heteroatoms. The average molecular weight is 540 g/mol. The SMILES string of the molecule is CCCNC(=O)[C@H](c1ccccc1)N(Cc1ccc(F)cc1)C(=O)CCc1ccc(S(=O)(=O)NCC)cc1. The van der Waals surface area contributed by atoms with Gasteiger partial charge in [0.05, 0.1) is 4.90 Å². The molecule has 0 saturated heterocycles. The van der Waals surface area contributed by atoms with Crippen molar-refractivity contribution < 1.29 is 22.4 Å². The van der Waals surface area contributed by atoms with E-state index in [4.69, 9.17) is 0 Å². The van der Waals surface area contributed by atoms with Crippen molar-refractivity contribution in [3.8, 4) is 0 Å². The number of hydrogen-bond donors (Lipinski definition) is 2. The fourth-order valence-corrected chi connectivity index (χ4v) is 5.11. The first-order chi connectivity index (χ1) is 18.2. The van der Waals surface area contributed by atoms with Crippen molar-refractivity contribution in [2.24, 2.45) is 0 Å². The van der Waals surface area contributed by atoms with Crippen molar-refractivity contribution in [2.75, 3.05) is 13.1 Å². The van der Waals surface area contributed by atoms with Crippen molar-refractivity contribution in [3.05, 3.63) is 101 Å². The third-order valence-electron chi connectivity index (χ3n) is 6.01. The van der Waals surface area contributed by atoms with Crippen LogP contribution in [0.5, 0.6) is 0 Å². The zero-order valence-electron chi connectivity index (χ0n) is 21.7. The zero-order chi connectivity index (χ0) is 27.5. The molecule has 3 aromatic carbocycles. The lowest BCUT2D eigenvalue weighted by Gasteiger charge is -2.32. The number of nitrogens with zero attached hydrogens (tertiary/aromatic N) is 1. The minimum Gasteiger partial charge on any atom is -0.354 e. The summed E-state index contributed by atoms with van der Waals surface area (Å²) in [6, 6.07) is 20.5. The summed E-state index contributed by atoms with van der Waals surface area (Å²) in [4.78, 5) is 28.7. The largest absolute Gasteiger partial charge is 0.354 e. The van der Waals surface area contributed by atoms with Crippen LogP contribution in [0.2, 0.25) is 0 Å². The van der Waals surface area contributed by atoms with Gasteiger partial charge in [-0.25, -0.2) is 17.5 Å². The molecular formula is C29H34FN3O4S. The van der Waals surface area contributed by atoms with Gasteiger partial charge in [-0.1, -0.05) is 68.4 Å². The number of carbonyl (C=O) groups excluding carboxylic acids is 2. The number of rotatable bonds is 13. The Morgan fingerprint density at radius 1 is 0.895 bits per heavy atom. The van der Waals surface area contributed by atoms with Gasteiger partial charge in [-0.2, -0.15) is 0 Å². The summed E-state index contributed by atoms with van der Waals surface area (Å²) < 4.78 is 40.4. The van der Waals surface area contributed by atoms with Gasteiger partial charge in [0, 0.05) is 26.1 Å². The summed E-state index contributed by atoms with van der Waals surface area (Å²) in [5, 5.41) is 2.91. The maximum absolute atomic E-state index is 13.7. The zero-order valence-corrected chi connectivity index (χ0v) is 22.5. The van der Waals surface area contributed by atoms with Gasteiger partial charge in [-0.3, -0.25) is 9.59 Å². The predicted octanol–water partition coefficient (Wildman–Crippen LogP) is 4.35. The fraction of sp³-hybridized carbons (Fsp3) is 0.310. The Kier molecular flexibility index (Phi) is 10.6. The molecule has 0 aliphatic heterocycles. The third-order valence-corrected chi connectivity index (χ3v) is 7.57. The van der Waals surface area contributed by atoms with E-state index < -0.39 is 16.1 Å². The van der Waals surface area contributed by atoms with Gasteiger partial charge in [0.2, 0.25) is 21.8 Å². The van der Waals surface area contributed by atoms with Crippen LogP contribution in [-0.4, -0.2) is 38.2 Å². The van der Waals surface area contributed by atoms with Crippen LogP contribution >= 0.6 is 0 Å². The second-order valence-electron chi connectivity index (χ2n) is 8.90. The Hall–Kier alpha value is -3.56. The van der Waals surface area contributed by atoms with Crippen LogP contribution in [0.15, 0.2) is 83.8 Å². The Balaban J connectivity index is 1.87. The number of hydrogen-bond acceptors (Lipinski definition) is 4. The summed E-state index contributed by atoms with van der Waals surface area (Å²) in [6.45, 7) is 4.55. The highest BCUT2D eigenvalue weighted by atomic mass is 32.2. The Morgan fingerprint density at radius 2 is 1.53 bits per heavy atom. The lowest BCUT2D eigenvalue weighted by atomic mass is 10.0. The van der Waals surface area contributed by atoms with E-state index in [1.54, 1.807) is 31.2 Å². The second-order valence-corrected chi connectivity index (χ2v) is 10.7. The van der Waals surface area contributed by atoms with Crippen molar-refractivity contribution in [1.29, 1.82) is 0 Å². The smallest absolute Gasteiger partial charge is 0.247 e. The number of halogens is 1. The number of sulfonamides is 1. The lowest BCUT2D eigenvalue weighted by molar-refractivity contribution is -0.141. The number of benzene rings is 3. The topological polar surface area (TPSA) is 95.6 Å². The molecule has 0 heterocycles. The fourth-order valence-electron chi connectivity index (χ4n) is 4.07. The van der Waals surface area contributed by atoms with E-state index in [0.29, 0.717) is 24.1 Å². The molecule has 0 aromatic heterocycles. The molecular weight excluding hydrogens is 505 g/mol. The Labute approximate surface area is 224 Å². The third kappa shape index (κ3) is 7.97. The van der Waals surface area contributed by atoms with E-state index in [1.807, 2.05) is 37.3 Å². The number of amides is 2. The second kappa shape index (κ2) is 13.8. The predicted molar refractivity (Wildman–Crippen MR) is 145 cm³/mol. The molecule has 3 aromatic rings. The summed E-state index contributed by atoms with van der Waals surface area (Å²) in [6.07, 6.45) is 1.21. The molecule has 38 heavy (non-hydrogen) atoms. The van der Waals surface area contributed by atoms with Gasteiger partial charge in [0.15, 0.2) is 0 Å². The standard InChI is InChI=1S/C29H34FN3O4S/c1-3-20-31-29(35)28(24-8-6-5-7-9-24)33(21-23-10-15-25(30)16-11-23)27(34)19-14-22-12-17-26(18-13-22)38(36,37)32-4-2/h5-13,15-18,28,32H,3-4,14,19-21H2,1-2H3,(H,31,35)/t28-/m0/s1. The molecule has 0 aliphatic carbocycles. The normalized spacial score (nSPS) is 12.1. The minimum atomic E-state index is -3.56. The summed E-state index contributed by atoms with van der Waals surface area (Å²) in [5.74, 6) is -0.919. The Morgan fingerprint density at radius 3 is 2.13 bits per heavy atom. The van der Waals surface area contributed by atoms with Gasteiger partial charge in [0.1, 0.15) is 11.9 Å². The molecule has 2 N–H and O–H groups in total. The quantitative estimate of drug-likeness (QED) is 0.338. The van der Waals surface area contributed by atoms with Gasteiger partial charge >= 0.3 is 0 Å². The molecule has 7 nitrogen and oxygen atoms in total. The van der Waals surface area contributed by atoms with E-state index in [-0.39, 0.29) is 42.0 Å². The van der Waals surface area contributed by atoms with Gasteiger partial charge in [0.25, 0.3) is 0 Å². The number of aryl methyl sites for hydroxylation is 1. The van der Waals surface area contributed by atoms with E-state index >= 15 is 0 Å². The van der Waals surface area contributed by atoms with Crippen molar-refractivity contribution in [1.82, 2.24) is 14.9 Å². The van der Waals surface area contributed by atoms with E-state index in [9.17, 15) is 22.4 Å². The van der Waals surface area contributed by atoms with Gasteiger partial charge in [-0.05, 0) is 53.8 Å². The van der Waals surface area contributed by atoms with E-state index in [0.717, 1.165) is 12.0 Å². The first kappa shape index (κ1) is 29.0. The van der Waals surface area contributed by atoms with Crippen LogP contribution < -0.4 is 10.0 Å². The summed E-state index contributed by atoms with van der Waals surface area (Å²) in [7, 11) is -3.56. The molecule has 2 amide bonds. The molecule has 3 rings (SSSR count). The molecule has 0 bridgehead atoms. The first-order valence-electron chi connectivity index (χ1n) is 12.7. The average Bonchev–Trinajstić information content (AvgIpc) is 2.92. The van der Waals surface area contributed by atoms with Crippen molar-refractivity contribution in [3.63, 3.8) is 0 Å². The number of nitrogens with one attached hydrogen (secondary N) is 2. The maximum Gasteiger partial charge on any atom is 0.247 e. The van der Waals surface area contributed by atoms with Crippen LogP contribution in [0.1, 0.15) is 49.4 Å². The Bertz CT molecular complexity index is 1300. The summed E-state index contributed by atoms with van der Waals surface area (Å²) >= 11 is 0. The molecule has 1 atom stereocenters. The lowest BCUT2D eigenvalue weighted by Crippen LogP contribution is -2.43. The molecule has 0 aliphatic rings. The van der Waals surface area contributed by atoms with Crippen molar-refractivity contribution >= 4 is 21.8 Å². The van der Waals surface area contributed by atoms with Crippen LogP contribution in [0.4, 0.5) is 4.39 Å². The molecule has 0 unspecified atom stereocenters. The van der Waals surface area contributed by atoms with Gasteiger partial charge in [-0.15, -0.1) is 0 Å². The van der Waals surface area contributed by atoms with E-state index in [2.05, 4.69) is 10.0 Å². The monoisotopic (exact) mass is 539 g/mol. The molecule has 0 spiro atoms. The maximum atomic E-state index is 13.7. The van der Waals surface area contributed by atoms with Crippen LogP contribution in [-0.2, 0) is 32.6 Å². The van der Waals surface area contributed by atoms with Gasteiger partial charge < -0.3 is 10.2 Å². The van der Waals surface area contributed by atoms with E-state index in [1.165, 1.54) is 29.2 Å². The molecule has 0 saturated carbocycles. The van der Waals surface area contributed by atoms with Crippen LogP contribution in [0, 0.1) is 5.82 Å². The van der Waals surface area contributed by atoms with Crippen molar-refractivity contribution in [2.45, 2.75) is 50.6 Å². The summed E-state index contributed by atoms with van der Waals surface area (Å²) in [5.41, 5.74) is 2.17. The number of carbonyl (C=O) groups is 2. The minimum absolute atomic E-state index is 0.102. The molecule has 0 radical (unpaired) electrons. The van der Waals surface area contributed by atoms with Crippen LogP contribution in [0.25, 0.3) is 0 Å². The molecule has 202 valence electrons. The van der Waals surface area contributed by atoms with Crippen LogP contribution in [0.3, 0.4) is 0 Å². The highest BCUT2D eigenvalue weighted by Gasteiger charge is 2.31. The first-order valence-corrected chi connectivity index (χ1v) is 14.2.